The van der Waals surface area contributed by atoms with Crippen LogP contribution in [0.3, 0.4) is 0 Å². The van der Waals surface area contributed by atoms with E-state index in [0.29, 0.717) is 40.0 Å². The average molecular weight is 453 g/mol. The van der Waals surface area contributed by atoms with E-state index in [1.807, 2.05) is 24.3 Å². The number of carbonyl (C=O) groups is 2. The number of anilines is 1. The molecule has 2 amide bonds. The largest absolute Gasteiger partial charge is 0.449 e. The van der Waals surface area contributed by atoms with Crippen molar-refractivity contribution in [2.75, 3.05) is 11.9 Å². The summed E-state index contributed by atoms with van der Waals surface area (Å²) in [5, 5.41) is 6.94. The molecule has 0 saturated carbocycles. The number of fused-ring (bicyclic) bond motifs is 1. The fraction of sp³-hybridized carbons (Fsp3) is 0.0833. The molecule has 0 atom stereocenters. The fourth-order valence-corrected chi connectivity index (χ4v) is 3.34. The maximum Gasteiger partial charge on any atom is 0.291 e. The predicted molar refractivity (Wildman–Crippen MR) is 123 cm³/mol. The first-order valence-electron chi connectivity index (χ1n) is 9.61. The van der Waals surface area contributed by atoms with Gasteiger partial charge in [-0.05, 0) is 66.1 Å². The highest BCUT2D eigenvalue weighted by atomic mass is 35.5. The normalized spacial score (nSPS) is 13.9. The zero-order chi connectivity index (χ0) is 21.8. The summed E-state index contributed by atoms with van der Waals surface area (Å²) >= 11 is 11.8. The molecule has 0 aromatic heterocycles. The molecule has 4 rings (SSSR count). The summed E-state index contributed by atoms with van der Waals surface area (Å²) < 4.78 is 5.74. The van der Waals surface area contributed by atoms with Crippen LogP contribution in [0.15, 0.2) is 72.5 Å². The number of benzene rings is 3. The van der Waals surface area contributed by atoms with Crippen molar-refractivity contribution in [3.05, 3.63) is 99.2 Å². The number of hydrogen-bond acceptors (Lipinski definition) is 3. The molecule has 0 unspecified atom stereocenters. The number of carbonyl (C=O) groups excluding carboxylic acids is 2. The van der Waals surface area contributed by atoms with Crippen molar-refractivity contribution in [3.63, 3.8) is 0 Å². The van der Waals surface area contributed by atoms with E-state index in [2.05, 4.69) is 10.6 Å². The molecule has 7 heteroatoms. The Kier molecular flexibility index (Phi) is 6.26. The van der Waals surface area contributed by atoms with Crippen molar-refractivity contribution in [2.45, 2.75) is 6.42 Å². The number of ether oxygens (including phenoxy) is 1. The highest BCUT2D eigenvalue weighted by Crippen LogP contribution is 2.32. The van der Waals surface area contributed by atoms with Gasteiger partial charge in [0.15, 0.2) is 11.5 Å². The Labute approximate surface area is 189 Å². The second-order valence-corrected chi connectivity index (χ2v) is 7.83. The summed E-state index contributed by atoms with van der Waals surface area (Å²) in [6.07, 6.45) is 2.32. The highest BCUT2D eigenvalue weighted by Gasteiger charge is 2.23. The number of hydrogen-bond donors (Lipinski definition) is 2. The van der Waals surface area contributed by atoms with Gasteiger partial charge in [-0.25, -0.2) is 0 Å². The van der Waals surface area contributed by atoms with Gasteiger partial charge in [-0.15, -0.1) is 0 Å². The molecular formula is C24H18Cl2N2O3. The monoisotopic (exact) mass is 452 g/mol. The minimum absolute atomic E-state index is 0.162. The minimum Gasteiger partial charge on any atom is -0.449 e. The lowest BCUT2D eigenvalue weighted by molar-refractivity contribution is -0.115. The summed E-state index contributed by atoms with van der Waals surface area (Å²) in [5.74, 6) is 0.0174. The molecule has 3 aromatic carbocycles. The van der Waals surface area contributed by atoms with Gasteiger partial charge in [0.25, 0.3) is 11.8 Å². The first kappa shape index (κ1) is 21.0. The van der Waals surface area contributed by atoms with Gasteiger partial charge in [0.1, 0.15) is 0 Å². The molecule has 1 aliphatic rings. The van der Waals surface area contributed by atoms with E-state index in [9.17, 15) is 9.59 Å². The van der Waals surface area contributed by atoms with Crippen LogP contribution in [0.25, 0.3) is 6.08 Å². The van der Waals surface area contributed by atoms with Crippen LogP contribution in [-0.2, 0) is 11.2 Å². The third-order valence-electron chi connectivity index (χ3n) is 4.71. The van der Waals surface area contributed by atoms with Gasteiger partial charge in [-0.3, -0.25) is 9.59 Å². The Morgan fingerprint density at radius 3 is 2.35 bits per heavy atom. The van der Waals surface area contributed by atoms with Crippen molar-refractivity contribution < 1.29 is 14.3 Å². The molecular weight excluding hydrogens is 435 g/mol. The van der Waals surface area contributed by atoms with Crippen molar-refractivity contribution in [3.8, 4) is 5.75 Å². The van der Waals surface area contributed by atoms with E-state index in [1.165, 1.54) is 0 Å². The summed E-state index contributed by atoms with van der Waals surface area (Å²) in [7, 11) is 0. The van der Waals surface area contributed by atoms with Gasteiger partial charge in [0, 0.05) is 22.2 Å². The van der Waals surface area contributed by atoms with Crippen LogP contribution in [-0.4, -0.2) is 18.4 Å². The van der Waals surface area contributed by atoms with E-state index in [0.717, 1.165) is 11.1 Å². The quantitative estimate of drug-likeness (QED) is 0.513. The third kappa shape index (κ3) is 5.26. The number of amides is 2. The van der Waals surface area contributed by atoms with Gasteiger partial charge in [-0.2, -0.15) is 0 Å². The van der Waals surface area contributed by atoms with Crippen LogP contribution in [0.1, 0.15) is 21.5 Å². The Bertz CT molecular complexity index is 1160. The van der Waals surface area contributed by atoms with Crippen molar-refractivity contribution >= 4 is 46.8 Å². The summed E-state index contributed by atoms with van der Waals surface area (Å²) in [5.41, 5.74) is 2.75. The molecule has 0 radical (unpaired) electrons. The van der Waals surface area contributed by atoms with Crippen LogP contribution in [0.4, 0.5) is 5.69 Å². The predicted octanol–water partition coefficient (Wildman–Crippen LogP) is 5.34. The second-order valence-electron chi connectivity index (χ2n) is 6.96. The summed E-state index contributed by atoms with van der Waals surface area (Å²) in [6.45, 7) is 0.481. The molecule has 0 saturated heterocycles. The van der Waals surface area contributed by atoms with Crippen LogP contribution in [0.5, 0.6) is 5.75 Å². The van der Waals surface area contributed by atoms with Crippen LogP contribution in [0, 0.1) is 0 Å². The van der Waals surface area contributed by atoms with E-state index in [1.54, 1.807) is 48.5 Å². The molecule has 2 N–H and O–H groups in total. The van der Waals surface area contributed by atoms with Gasteiger partial charge >= 0.3 is 0 Å². The zero-order valence-corrected chi connectivity index (χ0v) is 17.8. The van der Waals surface area contributed by atoms with E-state index < -0.39 is 0 Å². The number of nitrogens with one attached hydrogen (secondary N) is 2. The van der Waals surface area contributed by atoms with E-state index in [4.69, 9.17) is 27.9 Å². The Morgan fingerprint density at radius 1 is 0.968 bits per heavy atom. The Morgan fingerprint density at radius 2 is 1.65 bits per heavy atom. The molecule has 0 fully saturated rings. The maximum absolute atomic E-state index is 12.5. The first-order chi connectivity index (χ1) is 15.0. The van der Waals surface area contributed by atoms with Crippen molar-refractivity contribution in [1.29, 1.82) is 0 Å². The summed E-state index contributed by atoms with van der Waals surface area (Å²) in [4.78, 5) is 24.9. The van der Waals surface area contributed by atoms with Crippen molar-refractivity contribution in [1.82, 2.24) is 5.32 Å². The molecule has 0 bridgehead atoms. The zero-order valence-electron chi connectivity index (χ0n) is 16.3. The van der Waals surface area contributed by atoms with Crippen LogP contribution < -0.4 is 15.4 Å². The highest BCUT2D eigenvalue weighted by molar-refractivity contribution is 6.30. The lowest BCUT2D eigenvalue weighted by atomic mass is 10.1. The molecule has 1 heterocycles. The van der Waals surface area contributed by atoms with E-state index >= 15 is 0 Å². The standard InChI is InChI=1S/C24H18Cl2N2O3/c25-18-6-1-15(2-7-18)11-12-27-23(29)17-5-10-21-20(14-17)28-24(30)22(31-21)13-16-3-8-19(26)9-4-16/h1-10,13-14H,11-12H2,(H,27,29)(H,28,30)/b22-13-. The van der Waals surface area contributed by atoms with Gasteiger partial charge < -0.3 is 15.4 Å². The smallest absolute Gasteiger partial charge is 0.291 e. The van der Waals surface area contributed by atoms with Crippen LogP contribution >= 0.6 is 23.2 Å². The molecule has 5 nitrogen and oxygen atoms in total. The lowest BCUT2D eigenvalue weighted by Crippen LogP contribution is -2.27. The summed E-state index contributed by atoms with van der Waals surface area (Å²) in [6, 6.07) is 19.5. The maximum atomic E-state index is 12.5. The molecule has 31 heavy (non-hydrogen) atoms. The Balaban J connectivity index is 1.41. The number of halogens is 2. The van der Waals surface area contributed by atoms with Crippen LogP contribution in [0.2, 0.25) is 10.0 Å². The molecule has 156 valence electrons. The third-order valence-corrected chi connectivity index (χ3v) is 5.22. The molecule has 0 aliphatic carbocycles. The molecule has 0 spiro atoms. The fourth-order valence-electron chi connectivity index (χ4n) is 3.09. The van der Waals surface area contributed by atoms with E-state index in [-0.39, 0.29) is 17.6 Å². The molecule has 1 aliphatic heterocycles. The lowest BCUT2D eigenvalue weighted by Gasteiger charge is -2.20. The second kappa shape index (κ2) is 9.25. The number of rotatable bonds is 5. The van der Waals surface area contributed by atoms with Crippen molar-refractivity contribution in [2.24, 2.45) is 0 Å². The molecule has 3 aromatic rings. The SMILES string of the molecule is O=C1Nc2cc(C(=O)NCCc3ccc(Cl)cc3)ccc2O/C1=C\c1ccc(Cl)cc1. The Hall–Kier alpha value is -3.28. The van der Waals surface area contributed by atoms with Gasteiger partial charge in [0.2, 0.25) is 0 Å². The van der Waals surface area contributed by atoms with Gasteiger partial charge in [0.05, 0.1) is 5.69 Å². The average Bonchev–Trinajstić information content (AvgIpc) is 2.77. The topological polar surface area (TPSA) is 67.4 Å². The first-order valence-corrected chi connectivity index (χ1v) is 10.4. The van der Waals surface area contributed by atoms with Gasteiger partial charge in [-0.1, -0.05) is 47.5 Å². The minimum atomic E-state index is -0.386.